The Labute approximate surface area is 121 Å². The van der Waals surface area contributed by atoms with Gasteiger partial charge in [-0.1, -0.05) is 0 Å². The first-order valence-electron chi connectivity index (χ1n) is 5.76. The third kappa shape index (κ3) is 4.72. The van der Waals surface area contributed by atoms with E-state index >= 15 is 0 Å². The number of carbonyl (C=O) groups excluding carboxylic acids is 1. The van der Waals surface area contributed by atoms with Gasteiger partial charge in [0.25, 0.3) is 0 Å². The molecular weight excluding hydrogens is 302 g/mol. The molecular formula is C12H15NO7S. The van der Waals surface area contributed by atoms with E-state index in [1.54, 1.807) is 0 Å². The summed E-state index contributed by atoms with van der Waals surface area (Å²) in [6, 6.07) is 3.76. The molecule has 0 aliphatic rings. The standard InChI is InChI=1S/C12H15NO7S/c1-19-8-3-5-9(6-4-8)21(17,18)13-10(12(15)16)7-11(14)20-2/h3-6,10,13H,7H2,1-2H3,(H,15,16)/t10-/m0/s1. The van der Waals surface area contributed by atoms with Crippen molar-refractivity contribution in [2.24, 2.45) is 0 Å². The highest BCUT2D eigenvalue weighted by Gasteiger charge is 2.28. The monoisotopic (exact) mass is 317 g/mol. The summed E-state index contributed by atoms with van der Waals surface area (Å²) in [6.07, 6.45) is -0.610. The second kappa shape index (κ2) is 7.04. The molecule has 0 spiro atoms. The highest BCUT2D eigenvalue weighted by molar-refractivity contribution is 7.89. The maximum atomic E-state index is 12.0. The van der Waals surface area contributed by atoms with Gasteiger partial charge in [0.15, 0.2) is 0 Å². The predicted molar refractivity (Wildman–Crippen MR) is 71.4 cm³/mol. The van der Waals surface area contributed by atoms with E-state index in [0.717, 1.165) is 7.11 Å². The van der Waals surface area contributed by atoms with E-state index in [4.69, 9.17) is 9.84 Å². The Morgan fingerprint density at radius 1 is 1.24 bits per heavy atom. The van der Waals surface area contributed by atoms with Crippen LogP contribution in [0.2, 0.25) is 0 Å². The van der Waals surface area contributed by atoms with Crippen LogP contribution in [0.1, 0.15) is 6.42 Å². The molecule has 0 radical (unpaired) electrons. The first-order valence-corrected chi connectivity index (χ1v) is 7.24. The molecule has 0 aliphatic heterocycles. The Balaban J connectivity index is 2.94. The summed E-state index contributed by atoms with van der Waals surface area (Å²) in [5.41, 5.74) is 0. The van der Waals surface area contributed by atoms with Crippen LogP contribution in [0.3, 0.4) is 0 Å². The minimum atomic E-state index is -4.08. The second-order valence-corrected chi connectivity index (χ2v) is 5.68. The van der Waals surface area contributed by atoms with Crippen LogP contribution in [0.15, 0.2) is 29.2 Å². The minimum absolute atomic E-state index is 0.139. The number of sulfonamides is 1. The largest absolute Gasteiger partial charge is 0.497 e. The number of ether oxygens (including phenoxy) is 2. The van der Waals surface area contributed by atoms with Crippen molar-refractivity contribution >= 4 is 22.0 Å². The molecule has 0 amide bonds. The Morgan fingerprint density at radius 3 is 2.24 bits per heavy atom. The van der Waals surface area contributed by atoms with Gasteiger partial charge in [0.05, 0.1) is 25.5 Å². The van der Waals surface area contributed by atoms with Gasteiger partial charge in [0.1, 0.15) is 11.8 Å². The van der Waals surface area contributed by atoms with Gasteiger partial charge in [0.2, 0.25) is 10.0 Å². The molecule has 1 aromatic rings. The van der Waals surface area contributed by atoms with E-state index in [1.807, 2.05) is 4.72 Å². The Bertz CT molecular complexity index is 609. The number of hydrogen-bond donors (Lipinski definition) is 2. The fourth-order valence-corrected chi connectivity index (χ4v) is 2.63. The van der Waals surface area contributed by atoms with E-state index in [0.29, 0.717) is 5.75 Å². The molecule has 1 rings (SSSR count). The normalized spacial score (nSPS) is 12.5. The van der Waals surface area contributed by atoms with E-state index in [1.165, 1.54) is 31.4 Å². The number of rotatable bonds is 7. The summed E-state index contributed by atoms with van der Waals surface area (Å²) < 4.78 is 35.3. The zero-order valence-electron chi connectivity index (χ0n) is 11.4. The Hall–Kier alpha value is -2.13. The van der Waals surface area contributed by atoms with E-state index < -0.39 is 34.4 Å². The molecule has 116 valence electrons. The summed E-state index contributed by atoms with van der Waals surface area (Å²) >= 11 is 0. The number of carboxylic acids is 1. The van der Waals surface area contributed by atoms with Crippen LogP contribution in [0, 0.1) is 0 Å². The molecule has 0 unspecified atom stereocenters. The summed E-state index contributed by atoms with van der Waals surface area (Å²) in [7, 11) is -1.57. The summed E-state index contributed by atoms with van der Waals surface area (Å²) in [5.74, 6) is -1.85. The number of hydrogen-bond acceptors (Lipinski definition) is 6. The zero-order valence-corrected chi connectivity index (χ0v) is 12.2. The van der Waals surface area contributed by atoms with Crippen molar-refractivity contribution < 1.29 is 32.6 Å². The van der Waals surface area contributed by atoms with Crippen LogP contribution in [-0.4, -0.2) is 45.7 Å². The van der Waals surface area contributed by atoms with Crippen molar-refractivity contribution in [3.63, 3.8) is 0 Å². The number of benzene rings is 1. The summed E-state index contributed by atoms with van der Waals surface area (Å²) in [6.45, 7) is 0. The highest BCUT2D eigenvalue weighted by atomic mass is 32.2. The fraction of sp³-hybridized carbons (Fsp3) is 0.333. The lowest BCUT2D eigenvalue weighted by Crippen LogP contribution is -2.42. The lowest BCUT2D eigenvalue weighted by Gasteiger charge is -2.13. The molecule has 1 aromatic carbocycles. The summed E-state index contributed by atoms with van der Waals surface area (Å²) in [4.78, 5) is 22.0. The van der Waals surface area contributed by atoms with Crippen LogP contribution in [0.4, 0.5) is 0 Å². The lowest BCUT2D eigenvalue weighted by molar-refractivity contribution is -0.147. The van der Waals surface area contributed by atoms with Crippen LogP contribution >= 0.6 is 0 Å². The molecule has 0 aliphatic carbocycles. The van der Waals surface area contributed by atoms with Crippen molar-refractivity contribution in [2.45, 2.75) is 17.4 Å². The topological polar surface area (TPSA) is 119 Å². The van der Waals surface area contributed by atoms with Gasteiger partial charge < -0.3 is 14.6 Å². The number of carboxylic acid groups (broad SMARTS) is 1. The average molecular weight is 317 g/mol. The van der Waals surface area contributed by atoms with Gasteiger partial charge in [-0.25, -0.2) is 8.42 Å². The molecule has 1 atom stereocenters. The van der Waals surface area contributed by atoms with Gasteiger partial charge >= 0.3 is 11.9 Å². The molecule has 2 N–H and O–H groups in total. The molecule has 9 heteroatoms. The predicted octanol–water partition coefficient (Wildman–Crippen LogP) is -0.0102. The average Bonchev–Trinajstić information content (AvgIpc) is 2.46. The second-order valence-electron chi connectivity index (χ2n) is 3.97. The first kappa shape index (κ1) is 16.9. The van der Waals surface area contributed by atoms with Gasteiger partial charge in [0, 0.05) is 0 Å². The maximum absolute atomic E-state index is 12.0. The fourth-order valence-electron chi connectivity index (χ4n) is 1.44. The highest BCUT2D eigenvalue weighted by Crippen LogP contribution is 2.16. The summed E-state index contributed by atoms with van der Waals surface area (Å²) in [5, 5.41) is 8.96. The van der Waals surface area contributed by atoms with Crippen LogP contribution in [-0.2, 0) is 24.3 Å². The molecule has 0 saturated carbocycles. The van der Waals surface area contributed by atoms with Gasteiger partial charge in [-0.05, 0) is 24.3 Å². The van der Waals surface area contributed by atoms with Crippen molar-refractivity contribution in [3.8, 4) is 5.75 Å². The van der Waals surface area contributed by atoms with Crippen molar-refractivity contribution in [1.82, 2.24) is 4.72 Å². The maximum Gasteiger partial charge on any atom is 0.322 e. The van der Waals surface area contributed by atoms with Crippen molar-refractivity contribution in [1.29, 1.82) is 0 Å². The van der Waals surface area contributed by atoms with Crippen molar-refractivity contribution in [2.75, 3.05) is 14.2 Å². The van der Waals surface area contributed by atoms with Crippen LogP contribution < -0.4 is 9.46 Å². The third-order valence-electron chi connectivity index (χ3n) is 2.56. The number of esters is 1. The molecule has 0 saturated heterocycles. The lowest BCUT2D eigenvalue weighted by atomic mass is 10.2. The minimum Gasteiger partial charge on any atom is -0.497 e. The van der Waals surface area contributed by atoms with E-state index in [2.05, 4.69) is 4.74 Å². The van der Waals surface area contributed by atoms with Gasteiger partial charge in [-0.3, -0.25) is 9.59 Å². The van der Waals surface area contributed by atoms with E-state index in [-0.39, 0.29) is 4.90 Å². The molecule has 0 fully saturated rings. The van der Waals surface area contributed by atoms with Gasteiger partial charge in [-0.2, -0.15) is 4.72 Å². The first-order chi connectivity index (χ1) is 9.80. The number of methoxy groups -OCH3 is 2. The van der Waals surface area contributed by atoms with Crippen LogP contribution in [0.5, 0.6) is 5.75 Å². The molecule has 0 bridgehead atoms. The smallest absolute Gasteiger partial charge is 0.322 e. The van der Waals surface area contributed by atoms with Gasteiger partial charge in [-0.15, -0.1) is 0 Å². The number of nitrogens with one attached hydrogen (secondary N) is 1. The third-order valence-corrected chi connectivity index (χ3v) is 4.05. The molecule has 8 nitrogen and oxygen atoms in total. The Kier molecular flexibility index (Phi) is 5.68. The molecule has 21 heavy (non-hydrogen) atoms. The number of aliphatic carboxylic acids is 1. The zero-order chi connectivity index (χ0) is 16.0. The van der Waals surface area contributed by atoms with E-state index in [9.17, 15) is 18.0 Å². The molecule has 0 aromatic heterocycles. The SMILES string of the molecule is COC(=O)C[C@H](NS(=O)(=O)c1ccc(OC)cc1)C(=O)O. The number of carbonyl (C=O) groups is 2. The quantitative estimate of drug-likeness (QED) is 0.679. The molecule has 0 heterocycles. The Morgan fingerprint density at radius 2 is 1.81 bits per heavy atom. The van der Waals surface area contributed by atoms with Crippen LogP contribution in [0.25, 0.3) is 0 Å². The van der Waals surface area contributed by atoms with Crippen molar-refractivity contribution in [3.05, 3.63) is 24.3 Å².